The van der Waals surface area contributed by atoms with E-state index < -0.39 is 57.1 Å². The molecule has 1 aliphatic carbocycles. The number of anilines is 4. The monoisotopic (exact) mass is 1070 g/mol. The van der Waals surface area contributed by atoms with Crippen LogP contribution in [0.4, 0.5) is 35.9 Å². The van der Waals surface area contributed by atoms with E-state index in [-0.39, 0.29) is 16.9 Å². The molecule has 1 amide bonds. The molecule has 3 N–H and O–H groups in total. The molecule has 4 aromatic carbocycles. The van der Waals surface area contributed by atoms with Crippen molar-refractivity contribution in [3.8, 4) is 11.1 Å². The smallest absolute Gasteiger partial charge is 0.380 e. The second-order valence-corrected chi connectivity index (χ2v) is 24.5. The number of carbonyl (C=O) groups is 1. The van der Waals surface area contributed by atoms with E-state index in [9.17, 15) is 43.2 Å². The van der Waals surface area contributed by atoms with Crippen LogP contribution in [0.3, 0.4) is 0 Å². The topological polar surface area (TPSA) is 170 Å². The number of sulfonamides is 2. The van der Waals surface area contributed by atoms with Crippen LogP contribution in [0.15, 0.2) is 129 Å². The van der Waals surface area contributed by atoms with Gasteiger partial charge < -0.3 is 24.6 Å². The molecule has 0 radical (unpaired) electrons. The van der Waals surface area contributed by atoms with Gasteiger partial charge >= 0.3 is 5.51 Å². The molecule has 2 heterocycles. The third-order valence-electron chi connectivity index (χ3n) is 12.2. The molecular weight excluding hydrogens is 1020 g/mol. The number of carbonyl (C=O) groups excluding carboxylic acids is 1. The molecule has 14 nitrogen and oxygen atoms in total. The predicted octanol–water partition coefficient (Wildman–Crippen LogP) is 8.94. The average Bonchev–Trinajstić information content (AvgIpc) is 3.59. The van der Waals surface area contributed by atoms with Crippen LogP contribution >= 0.6 is 23.4 Å². The molecule has 2 aliphatic rings. The van der Waals surface area contributed by atoms with Gasteiger partial charge in [-0.2, -0.15) is 13.2 Å². The van der Waals surface area contributed by atoms with Gasteiger partial charge in [-0.15, -0.1) is 11.8 Å². The lowest BCUT2D eigenvalue weighted by Crippen LogP contribution is -2.46. The summed E-state index contributed by atoms with van der Waals surface area (Å²) in [6, 6.07) is 25.8. The Bertz CT molecular complexity index is 3180. The SMILES string of the molecule is Cc1c(C(=O)NS(C)(=O)=O)c(-c2cccc(N3CCN(c4ccc(NS(=O)(=O)c5ccc(N[C@H](CCN(C)C)CSc6ccccc6)c(S(=O)(=O)C(F)(F)F)c5)cc4)CC3)c2)c(C2=CC=C(Cl)CC2)n1C. The number of sulfone groups is 1. The summed E-state index contributed by atoms with van der Waals surface area (Å²) in [7, 11) is -8.93. The van der Waals surface area contributed by atoms with Gasteiger partial charge in [0.2, 0.25) is 10.0 Å². The molecule has 1 fully saturated rings. The van der Waals surface area contributed by atoms with Gasteiger partial charge in [-0.05, 0) is 131 Å². The van der Waals surface area contributed by atoms with Crippen LogP contribution in [0.5, 0.6) is 0 Å². The molecule has 0 unspecified atom stereocenters. The second-order valence-electron chi connectivity index (χ2n) is 17.6. The summed E-state index contributed by atoms with van der Waals surface area (Å²) in [5.41, 5.74) is -0.379. The summed E-state index contributed by atoms with van der Waals surface area (Å²) in [5, 5.41) is 3.69. The lowest BCUT2D eigenvalue weighted by atomic mass is 9.92. The number of nitrogens with zero attached hydrogens (tertiary/aromatic N) is 4. The Balaban J connectivity index is 1.07. The van der Waals surface area contributed by atoms with Gasteiger partial charge in [0.25, 0.3) is 25.8 Å². The third kappa shape index (κ3) is 12.8. The first-order valence-electron chi connectivity index (χ1n) is 22.5. The molecule has 0 spiro atoms. The average molecular weight is 1070 g/mol. The lowest BCUT2D eigenvalue weighted by molar-refractivity contribution is -0.0435. The molecule has 380 valence electrons. The maximum atomic E-state index is 14.2. The van der Waals surface area contributed by atoms with Crippen molar-refractivity contribution in [2.45, 2.75) is 52.4 Å². The standard InChI is InChI=1S/C49H55ClF3N7O7S4/c1-33-45(48(61)56-69(5,62)63)46(47(58(33)4)34-14-16-36(50)17-15-34)35-10-9-11-40(30-35)60-28-26-59(27-29-60)39-20-18-37(19-21-39)55-71(66,67)42-22-23-43(44(31-42)70(64,65)49(51,52)53)54-38(24-25-57(2)3)32-68-41-12-7-6-8-13-41/h6-14,16,18-23,30-31,38,54-55H,15,17,24-29,32H2,1-5H3,(H,56,61)/t38-/m1/s1. The molecular formula is C49H55ClF3N7O7S4. The first-order chi connectivity index (χ1) is 33.4. The van der Waals surface area contributed by atoms with Crippen LogP contribution in [-0.4, -0.2) is 111 Å². The molecule has 1 aliphatic heterocycles. The summed E-state index contributed by atoms with van der Waals surface area (Å²) in [5.74, 6) is -0.347. The number of aromatic nitrogens is 1. The van der Waals surface area contributed by atoms with E-state index in [1.807, 2.05) is 97.4 Å². The summed E-state index contributed by atoms with van der Waals surface area (Å²) in [6.07, 6.45) is 6.38. The Labute approximate surface area is 423 Å². The van der Waals surface area contributed by atoms with Gasteiger partial charge in [0, 0.05) is 83.3 Å². The minimum absolute atomic E-state index is 0.108. The van der Waals surface area contributed by atoms with Crippen molar-refractivity contribution in [2.24, 2.45) is 7.05 Å². The summed E-state index contributed by atoms with van der Waals surface area (Å²) in [4.78, 5) is 18.9. The van der Waals surface area contributed by atoms with Crippen molar-refractivity contribution in [1.29, 1.82) is 0 Å². The molecule has 1 aromatic heterocycles. The van der Waals surface area contributed by atoms with E-state index in [0.29, 0.717) is 80.1 Å². The molecule has 1 atom stereocenters. The minimum Gasteiger partial charge on any atom is -0.380 e. The zero-order valence-electron chi connectivity index (χ0n) is 39.6. The summed E-state index contributed by atoms with van der Waals surface area (Å²) >= 11 is 7.75. The third-order valence-corrected chi connectivity index (χ3v) is 17.1. The molecule has 7 rings (SSSR count). The number of benzene rings is 4. The van der Waals surface area contributed by atoms with Crippen LogP contribution in [0, 0.1) is 6.92 Å². The Morgan fingerprint density at radius 2 is 1.49 bits per heavy atom. The number of nitrogens with one attached hydrogen (secondary N) is 3. The highest BCUT2D eigenvalue weighted by atomic mass is 35.5. The maximum Gasteiger partial charge on any atom is 0.501 e. The largest absolute Gasteiger partial charge is 0.501 e. The van der Waals surface area contributed by atoms with Crippen molar-refractivity contribution in [3.63, 3.8) is 0 Å². The van der Waals surface area contributed by atoms with Gasteiger partial charge in [0.1, 0.15) is 4.90 Å². The quantitative estimate of drug-likeness (QED) is 0.0714. The number of thioether (sulfide) groups is 1. The number of hydrogen-bond donors (Lipinski definition) is 3. The molecule has 0 bridgehead atoms. The molecule has 0 saturated carbocycles. The number of amides is 1. The van der Waals surface area contributed by atoms with E-state index in [1.54, 1.807) is 19.1 Å². The number of hydrogen-bond acceptors (Lipinski definition) is 12. The highest BCUT2D eigenvalue weighted by Crippen LogP contribution is 2.42. The van der Waals surface area contributed by atoms with E-state index in [4.69, 9.17) is 11.6 Å². The first kappa shape index (κ1) is 53.4. The van der Waals surface area contributed by atoms with Crippen LogP contribution in [0.1, 0.15) is 41.0 Å². The Hall–Kier alpha value is -5.45. The van der Waals surface area contributed by atoms with Crippen molar-refractivity contribution in [2.75, 3.05) is 78.7 Å². The van der Waals surface area contributed by atoms with E-state index in [1.165, 1.54) is 23.9 Å². The summed E-state index contributed by atoms with van der Waals surface area (Å²) < 4.78 is 127. The van der Waals surface area contributed by atoms with Gasteiger partial charge in [-0.1, -0.05) is 48.0 Å². The first-order valence-corrected chi connectivity index (χ1v) is 28.7. The van der Waals surface area contributed by atoms with Crippen LogP contribution in [0.25, 0.3) is 16.7 Å². The van der Waals surface area contributed by atoms with Gasteiger partial charge in [0.15, 0.2) is 0 Å². The highest BCUT2D eigenvalue weighted by molar-refractivity contribution is 7.99. The molecule has 1 saturated heterocycles. The van der Waals surface area contributed by atoms with E-state index in [0.717, 1.165) is 51.5 Å². The molecule has 5 aromatic rings. The van der Waals surface area contributed by atoms with Crippen LogP contribution in [0.2, 0.25) is 0 Å². The Morgan fingerprint density at radius 3 is 2.10 bits per heavy atom. The van der Waals surface area contributed by atoms with Gasteiger partial charge in [0.05, 0.1) is 28.1 Å². The zero-order chi connectivity index (χ0) is 51.5. The van der Waals surface area contributed by atoms with Crippen LogP contribution in [-0.2, 0) is 36.9 Å². The van der Waals surface area contributed by atoms with Crippen molar-refractivity contribution >= 4 is 87.5 Å². The normalized spacial score (nSPS) is 15.3. The fraction of sp³-hybridized carbons (Fsp3) is 0.327. The fourth-order valence-corrected chi connectivity index (χ4v) is 12.2. The van der Waals surface area contributed by atoms with Gasteiger partial charge in [-0.3, -0.25) is 9.52 Å². The van der Waals surface area contributed by atoms with Crippen molar-refractivity contribution in [1.82, 2.24) is 14.2 Å². The number of rotatable bonds is 18. The second kappa shape index (κ2) is 21.7. The van der Waals surface area contributed by atoms with E-state index in [2.05, 4.69) is 24.6 Å². The maximum absolute atomic E-state index is 14.2. The zero-order valence-corrected chi connectivity index (χ0v) is 43.6. The molecule has 22 heteroatoms. The van der Waals surface area contributed by atoms with Crippen molar-refractivity contribution < 1.29 is 43.2 Å². The van der Waals surface area contributed by atoms with E-state index >= 15 is 0 Å². The highest BCUT2D eigenvalue weighted by Gasteiger charge is 2.48. The fourth-order valence-electron chi connectivity index (χ4n) is 8.48. The Kier molecular flexibility index (Phi) is 16.3. The summed E-state index contributed by atoms with van der Waals surface area (Å²) in [6.45, 7) is 4.65. The predicted molar refractivity (Wildman–Crippen MR) is 278 cm³/mol. The number of halogens is 4. The number of piperazine rings is 1. The van der Waals surface area contributed by atoms with Crippen molar-refractivity contribution in [3.05, 3.63) is 131 Å². The van der Waals surface area contributed by atoms with Crippen LogP contribution < -0.4 is 24.6 Å². The molecule has 71 heavy (non-hydrogen) atoms. The lowest BCUT2D eigenvalue weighted by Gasteiger charge is -2.37. The number of alkyl halides is 3. The Morgan fingerprint density at radius 1 is 0.831 bits per heavy atom. The number of allylic oxidation sites excluding steroid dienone is 4. The minimum atomic E-state index is -6.00. The van der Waals surface area contributed by atoms with Gasteiger partial charge in [-0.25, -0.2) is 30.0 Å².